The number of nitrogens with one attached hydrogen (secondary N) is 2. The Hall–Kier alpha value is -3.05. The maximum Gasteiger partial charge on any atom is 0.410 e. The Bertz CT molecular complexity index is 877. The van der Waals surface area contributed by atoms with Gasteiger partial charge in [-0.2, -0.15) is 5.26 Å². The maximum atomic E-state index is 12.1. The molecule has 3 rings (SSSR count). The topological polar surface area (TPSA) is 98.2 Å². The largest absolute Gasteiger partial charge is 0.450 e. The average Bonchev–Trinajstić information content (AvgIpc) is 3.26. The van der Waals surface area contributed by atoms with Crippen LogP contribution in [0.4, 0.5) is 9.80 Å². The summed E-state index contributed by atoms with van der Waals surface area (Å²) in [5, 5.41) is 12.8. The van der Waals surface area contributed by atoms with E-state index in [-0.39, 0.29) is 12.0 Å². The minimum Gasteiger partial charge on any atom is -0.450 e. The molecule has 134 valence electrons. The molecule has 1 aliphatic rings. The van der Waals surface area contributed by atoms with Gasteiger partial charge in [0, 0.05) is 29.4 Å². The molecule has 1 aliphatic heterocycles. The number of fused-ring (bicyclic) bond motifs is 1. The average molecular weight is 370 g/mol. The van der Waals surface area contributed by atoms with Crippen molar-refractivity contribution in [1.82, 2.24) is 9.88 Å². The molecule has 3 heterocycles. The first-order chi connectivity index (χ1) is 12.6. The monoisotopic (exact) mass is 370 g/mol. The molecule has 0 fully saturated rings. The second-order valence-corrected chi connectivity index (χ2v) is 6.74. The van der Waals surface area contributed by atoms with Crippen LogP contribution in [0.1, 0.15) is 28.6 Å². The summed E-state index contributed by atoms with van der Waals surface area (Å²) in [6.45, 7) is 2.98. The van der Waals surface area contributed by atoms with E-state index in [2.05, 4.69) is 16.4 Å². The van der Waals surface area contributed by atoms with Gasteiger partial charge in [0.05, 0.1) is 18.7 Å². The quantitative estimate of drug-likeness (QED) is 0.808. The Morgan fingerprint density at radius 1 is 1.54 bits per heavy atom. The van der Waals surface area contributed by atoms with E-state index in [1.54, 1.807) is 24.1 Å². The van der Waals surface area contributed by atoms with Crippen LogP contribution in [-0.2, 0) is 22.5 Å². The number of aromatic nitrogens is 1. The fourth-order valence-electron chi connectivity index (χ4n) is 2.75. The Morgan fingerprint density at radius 3 is 3.08 bits per heavy atom. The Morgan fingerprint density at radius 2 is 2.38 bits per heavy atom. The Kier molecular flexibility index (Phi) is 5.39. The highest BCUT2D eigenvalue weighted by atomic mass is 32.1. The van der Waals surface area contributed by atoms with Crippen LogP contribution in [-0.4, -0.2) is 35.0 Å². The van der Waals surface area contributed by atoms with Crippen molar-refractivity contribution in [3.8, 4) is 6.07 Å². The molecular formula is C18H18N4O3S. The van der Waals surface area contributed by atoms with E-state index in [4.69, 9.17) is 4.74 Å². The molecule has 2 aromatic heterocycles. The summed E-state index contributed by atoms with van der Waals surface area (Å²) in [7, 11) is 0. The molecule has 0 unspecified atom stereocenters. The molecule has 2 N–H and O–H groups in total. The van der Waals surface area contributed by atoms with Crippen LogP contribution < -0.4 is 5.32 Å². The lowest BCUT2D eigenvalue weighted by molar-refractivity contribution is -0.111. The molecule has 2 aromatic rings. The van der Waals surface area contributed by atoms with Crippen LogP contribution in [0.3, 0.4) is 0 Å². The number of rotatable bonds is 4. The number of hydrogen-bond donors (Lipinski definition) is 2. The van der Waals surface area contributed by atoms with Crippen molar-refractivity contribution in [1.29, 1.82) is 5.26 Å². The van der Waals surface area contributed by atoms with E-state index in [0.717, 1.165) is 16.1 Å². The third-order valence-corrected chi connectivity index (χ3v) is 5.10. The highest BCUT2D eigenvalue weighted by Crippen LogP contribution is 2.36. The molecule has 0 atom stereocenters. The fourth-order valence-corrected chi connectivity index (χ4v) is 3.96. The first-order valence-electron chi connectivity index (χ1n) is 8.21. The van der Waals surface area contributed by atoms with Crippen molar-refractivity contribution in [3.63, 3.8) is 0 Å². The highest BCUT2D eigenvalue weighted by Gasteiger charge is 2.27. The molecule has 0 aliphatic carbocycles. The standard InChI is InChI=1S/C18H18N4O3S/c1-2-25-18(24)22-9-7-13-14(10-19)17(26-15(13)11-22)21-16(23)6-5-12-4-3-8-20-12/h3-6,8,20H,2,7,9,11H2,1H3,(H,21,23). The van der Waals surface area contributed by atoms with Gasteiger partial charge < -0.3 is 19.9 Å². The SMILES string of the molecule is CCOC(=O)N1CCc2c(sc(NC(=O)C=Cc3ccc[nH]3)c2C#N)C1. The number of amides is 2. The molecule has 26 heavy (non-hydrogen) atoms. The lowest BCUT2D eigenvalue weighted by atomic mass is 10.0. The summed E-state index contributed by atoms with van der Waals surface area (Å²) in [5.41, 5.74) is 2.20. The first-order valence-corrected chi connectivity index (χ1v) is 9.02. The number of nitrogens with zero attached hydrogens (tertiary/aromatic N) is 2. The molecular weight excluding hydrogens is 352 g/mol. The van der Waals surface area contributed by atoms with Crippen molar-refractivity contribution in [2.45, 2.75) is 19.9 Å². The second kappa shape index (κ2) is 7.89. The van der Waals surface area contributed by atoms with Crippen molar-refractivity contribution in [2.24, 2.45) is 0 Å². The Balaban J connectivity index is 1.74. The van der Waals surface area contributed by atoms with Gasteiger partial charge in [0.15, 0.2) is 0 Å². The van der Waals surface area contributed by atoms with Gasteiger partial charge in [0.2, 0.25) is 5.91 Å². The zero-order chi connectivity index (χ0) is 18.5. The minimum atomic E-state index is -0.357. The van der Waals surface area contributed by atoms with Crippen LogP contribution in [0.5, 0.6) is 0 Å². The number of ether oxygens (including phenoxy) is 1. The predicted octanol–water partition coefficient (Wildman–Crippen LogP) is 3.11. The number of carbonyl (C=O) groups is 2. The molecule has 8 heteroatoms. The second-order valence-electron chi connectivity index (χ2n) is 5.64. The molecule has 0 radical (unpaired) electrons. The van der Waals surface area contributed by atoms with Crippen LogP contribution in [0, 0.1) is 11.3 Å². The van der Waals surface area contributed by atoms with Crippen molar-refractivity contribution < 1.29 is 14.3 Å². The van der Waals surface area contributed by atoms with E-state index in [1.165, 1.54) is 17.4 Å². The summed E-state index contributed by atoms with van der Waals surface area (Å²) in [4.78, 5) is 29.6. The number of H-pyrrole nitrogens is 1. The van der Waals surface area contributed by atoms with Gasteiger partial charge in [-0.05, 0) is 37.1 Å². The van der Waals surface area contributed by atoms with Crippen LogP contribution in [0.2, 0.25) is 0 Å². The smallest absolute Gasteiger partial charge is 0.410 e. The Labute approximate surface area is 154 Å². The normalized spacial score (nSPS) is 13.3. The van der Waals surface area contributed by atoms with E-state index >= 15 is 0 Å². The fraction of sp³-hybridized carbons (Fsp3) is 0.278. The number of nitriles is 1. The van der Waals surface area contributed by atoms with Gasteiger partial charge in [-0.15, -0.1) is 11.3 Å². The minimum absolute atomic E-state index is 0.308. The van der Waals surface area contributed by atoms with E-state index in [1.807, 2.05) is 12.1 Å². The molecule has 0 aromatic carbocycles. The van der Waals surface area contributed by atoms with Gasteiger partial charge in [0.25, 0.3) is 0 Å². The van der Waals surface area contributed by atoms with Gasteiger partial charge in [-0.25, -0.2) is 4.79 Å². The van der Waals surface area contributed by atoms with Gasteiger partial charge in [-0.1, -0.05) is 0 Å². The summed E-state index contributed by atoms with van der Waals surface area (Å²) < 4.78 is 5.04. The van der Waals surface area contributed by atoms with Crippen molar-refractivity contribution in [2.75, 3.05) is 18.5 Å². The number of thiophene rings is 1. The molecule has 0 saturated carbocycles. The molecule has 0 bridgehead atoms. The summed E-state index contributed by atoms with van der Waals surface area (Å²) in [6.07, 6.45) is 5.06. The maximum absolute atomic E-state index is 12.1. The number of carbonyl (C=O) groups excluding carboxylic acids is 2. The van der Waals surface area contributed by atoms with Gasteiger partial charge >= 0.3 is 6.09 Å². The number of anilines is 1. The van der Waals surface area contributed by atoms with E-state index in [9.17, 15) is 14.9 Å². The zero-order valence-corrected chi connectivity index (χ0v) is 15.1. The summed E-state index contributed by atoms with van der Waals surface area (Å²) in [5.74, 6) is -0.308. The van der Waals surface area contributed by atoms with Crippen LogP contribution >= 0.6 is 11.3 Å². The summed E-state index contributed by atoms with van der Waals surface area (Å²) in [6, 6.07) is 5.87. The molecule has 2 amide bonds. The van der Waals surface area contributed by atoms with E-state index in [0.29, 0.717) is 36.7 Å². The molecule has 7 nitrogen and oxygen atoms in total. The highest BCUT2D eigenvalue weighted by molar-refractivity contribution is 7.16. The van der Waals surface area contributed by atoms with Crippen LogP contribution in [0.15, 0.2) is 24.4 Å². The first kappa shape index (κ1) is 17.8. The molecule has 0 spiro atoms. The van der Waals surface area contributed by atoms with Gasteiger partial charge in [0.1, 0.15) is 11.1 Å². The van der Waals surface area contributed by atoms with Crippen LogP contribution in [0.25, 0.3) is 6.08 Å². The lowest BCUT2D eigenvalue weighted by Crippen LogP contribution is -2.35. The van der Waals surface area contributed by atoms with Crippen molar-refractivity contribution >= 4 is 34.4 Å². The van der Waals surface area contributed by atoms with Crippen molar-refractivity contribution in [3.05, 3.63) is 46.1 Å². The van der Waals surface area contributed by atoms with Gasteiger partial charge in [-0.3, -0.25) is 4.79 Å². The third kappa shape index (κ3) is 3.78. The number of aromatic amines is 1. The summed E-state index contributed by atoms with van der Waals surface area (Å²) >= 11 is 1.33. The zero-order valence-electron chi connectivity index (χ0n) is 14.2. The number of hydrogen-bond acceptors (Lipinski definition) is 5. The van der Waals surface area contributed by atoms with E-state index < -0.39 is 0 Å². The molecule has 0 saturated heterocycles. The lowest BCUT2D eigenvalue weighted by Gasteiger charge is -2.25. The third-order valence-electron chi connectivity index (χ3n) is 3.97. The predicted molar refractivity (Wildman–Crippen MR) is 98.6 cm³/mol.